The van der Waals surface area contributed by atoms with Gasteiger partial charge in [-0.15, -0.1) is 0 Å². The van der Waals surface area contributed by atoms with Crippen molar-refractivity contribution in [3.63, 3.8) is 0 Å². The minimum absolute atomic E-state index is 0.353. The van der Waals surface area contributed by atoms with Crippen LogP contribution in [0.25, 0.3) is 0 Å². The van der Waals surface area contributed by atoms with E-state index in [-0.39, 0.29) is 5.82 Å². The Kier molecular flexibility index (Phi) is 3.43. The average Bonchev–Trinajstić information content (AvgIpc) is 2.46. The maximum Gasteiger partial charge on any atom is 0.129 e. The van der Waals surface area contributed by atoms with Gasteiger partial charge >= 0.3 is 0 Å². The van der Waals surface area contributed by atoms with Gasteiger partial charge in [0.25, 0.3) is 0 Å². The highest BCUT2D eigenvalue weighted by atomic mass is 79.9. The van der Waals surface area contributed by atoms with Crippen LogP contribution in [0, 0.1) is 5.82 Å². The summed E-state index contributed by atoms with van der Waals surface area (Å²) < 4.78 is 15.0. The molecule has 0 aromatic heterocycles. The van der Waals surface area contributed by atoms with E-state index in [1.54, 1.807) is 12.1 Å². The van der Waals surface area contributed by atoms with E-state index in [1.165, 1.54) is 6.07 Å². The van der Waals surface area contributed by atoms with Crippen molar-refractivity contribution in [3.05, 3.63) is 69.4 Å². The Morgan fingerprint density at radius 2 is 1.95 bits per heavy atom. The fraction of sp³-hybridized carbons (Fsp3) is 0.294. The third kappa shape index (κ3) is 2.09. The molecule has 2 aromatic carbocycles. The fourth-order valence-corrected chi connectivity index (χ4v) is 3.47. The van der Waals surface area contributed by atoms with Gasteiger partial charge in [-0.1, -0.05) is 47.1 Å². The summed E-state index contributed by atoms with van der Waals surface area (Å²) >= 11 is 3.36. The summed E-state index contributed by atoms with van der Waals surface area (Å²) in [6.07, 6.45) is 1.39. The Morgan fingerprint density at radius 3 is 2.75 bits per heavy atom. The van der Waals surface area contributed by atoms with Crippen LogP contribution in [0.2, 0.25) is 0 Å². The van der Waals surface area contributed by atoms with Gasteiger partial charge in [0.15, 0.2) is 0 Å². The molecule has 2 unspecified atom stereocenters. The first-order valence-electron chi connectivity index (χ1n) is 6.79. The molecule has 3 heteroatoms. The topological polar surface area (TPSA) is 20.2 Å². The summed E-state index contributed by atoms with van der Waals surface area (Å²) in [5.41, 5.74) is 1.05. The van der Waals surface area contributed by atoms with Crippen LogP contribution in [0.4, 0.5) is 4.39 Å². The molecule has 2 aromatic rings. The fourth-order valence-electron chi connectivity index (χ4n) is 3.11. The first-order valence-corrected chi connectivity index (χ1v) is 7.59. The van der Waals surface area contributed by atoms with E-state index in [0.717, 1.165) is 22.0 Å². The van der Waals surface area contributed by atoms with Gasteiger partial charge in [0.05, 0.1) is 0 Å². The van der Waals surface area contributed by atoms with Crippen LogP contribution in [-0.4, -0.2) is 5.11 Å². The molecule has 0 saturated carbocycles. The van der Waals surface area contributed by atoms with Crippen LogP contribution in [0.1, 0.15) is 42.4 Å². The van der Waals surface area contributed by atoms with Crippen molar-refractivity contribution < 1.29 is 9.50 Å². The Balaban J connectivity index is 2.22. The molecule has 1 aliphatic carbocycles. The van der Waals surface area contributed by atoms with Crippen molar-refractivity contribution in [2.75, 3.05) is 0 Å². The Labute approximate surface area is 126 Å². The van der Waals surface area contributed by atoms with Crippen molar-refractivity contribution >= 4 is 15.9 Å². The molecule has 0 amide bonds. The maximum atomic E-state index is 14.2. The minimum Gasteiger partial charge on any atom is -0.380 e. The molecule has 1 aliphatic rings. The number of rotatable bonds is 1. The zero-order valence-corrected chi connectivity index (χ0v) is 12.8. The molecule has 0 bridgehead atoms. The van der Waals surface area contributed by atoms with Crippen molar-refractivity contribution in [2.24, 2.45) is 0 Å². The lowest BCUT2D eigenvalue weighted by atomic mass is 9.71. The standard InChI is InChI=1S/C17H16BrFO/c1-11-8-9-17(20,14-5-3-2-4-13(11)14)15-10-12(18)6-7-16(15)19/h2-7,10-11,20H,8-9H2,1H3. The molecule has 0 spiro atoms. The SMILES string of the molecule is CC1CCC(O)(c2cc(Br)ccc2F)c2ccccc21. The minimum atomic E-state index is -1.24. The first-order chi connectivity index (χ1) is 9.52. The maximum absolute atomic E-state index is 14.2. The molecule has 3 rings (SSSR count). The number of hydrogen-bond acceptors (Lipinski definition) is 1. The quantitative estimate of drug-likeness (QED) is 0.799. The van der Waals surface area contributed by atoms with E-state index in [2.05, 4.69) is 22.9 Å². The average molecular weight is 335 g/mol. The van der Waals surface area contributed by atoms with Gasteiger partial charge in [-0.05, 0) is 48.1 Å². The summed E-state index contributed by atoms with van der Waals surface area (Å²) in [4.78, 5) is 0. The van der Waals surface area contributed by atoms with Crippen LogP contribution in [0.15, 0.2) is 46.9 Å². The monoisotopic (exact) mass is 334 g/mol. The molecular formula is C17H16BrFO. The van der Waals surface area contributed by atoms with E-state index in [1.807, 2.05) is 24.3 Å². The molecule has 1 N–H and O–H groups in total. The highest BCUT2D eigenvalue weighted by Crippen LogP contribution is 2.46. The normalized spacial score (nSPS) is 25.3. The Morgan fingerprint density at radius 1 is 1.20 bits per heavy atom. The second-order valence-corrected chi connectivity index (χ2v) is 6.43. The van der Waals surface area contributed by atoms with E-state index in [9.17, 15) is 9.50 Å². The van der Waals surface area contributed by atoms with Gasteiger partial charge in [-0.3, -0.25) is 0 Å². The van der Waals surface area contributed by atoms with Gasteiger partial charge in [0, 0.05) is 10.0 Å². The van der Waals surface area contributed by atoms with Crippen LogP contribution < -0.4 is 0 Å². The van der Waals surface area contributed by atoms with E-state index in [4.69, 9.17) is 0 Å². The van der Waals surface area contributed by atoms with Gasteiger partial charge < -0.3 is 5.11 Å². The van der Waals surface area contributed by atoms with E-state index >= 15 is 0 Å². The summed E-state index contributed by atoms with van der Waals surface area (Å²) in [7, 11) is 0. The zero-order valence-electron chi connectivity index (χ0n) is 11.2. The lowest BCUT2D eigenvalue weighted by molar-refractivity contribution is 0.0542. The number of aliphatic hydroxyl groups is 1. The van der Waals surface area contributed by atoms with Crippen LogP contribution in [0.5, 0.6) is 0 Å². The molecule has 0 fully saturated rings. The Hall–Kier alpha value is -1.19. The third-order valence-electron chi connectivity index (χ3n) is 4.25. The molecule has 20 heavy (non-hydrogen) atoms. The number of halogens is 2. The van der Waals surface area contributed by atoms with Crippen LogP contribution in [-0.2, 0) is 5.60 Å². The number of fused-ring (bicyclic) bond motifs is 1. The first kappa shape index (κ1) is 13.8. The van der Waals surface area contributed by atoms with Crippen molar-refractivity contribution in [3.8, 4) is 0 Å². The molecule has 104 valence electrons. The predicted molar refractivity (Wildman–Crippen MR) is 81.2 cm³/mol. The van der Waals surface area contributed by atoms with E-state index in [0.29, 0.717) is 17.9 Å². The second kappa shape index (κ2) is 4.97. The van der Waals surface area contributed by atoms with Crippen LogP contribution in [0.3, 0.4) is 0 Å². The zero-order chi connectivity index (χ0) is 14.3. The highest BCUT2D eigenvalue weighted by Gasteiger charge is 2.40. The third-order valence-corrected chi connectivity index (χ3v) is 4.74. The van der Waals surface area contributed by atoms with Crippen LogP contribution >= 0.6 is 15.9 Å². The number of benzene rings is 2. The molecule has 0 aliphatic heterocycles. The molecule has 2 atom stereocenters. The van der Waals surface area contributed by atoms with Crippen molar-refractivity contribution in [1.29, 1.82) is 0 Å². The molecular weight excluding hydrogens is 319 g/mol. The summed E-state index contributed by atoms with van der Waals surface area (Å²) in [6, 6.07) is 12.5. The smallest absolute Gasteiger partial charge is 0.129 e. The van der Waals surface area contributed by atoms with Crippen molar-refractivity contribution in [1.82, 2.24) is 0 Å². The predicted octanol–water partition coefficient (Wildman–Crippen LogP) is 4.72. The van der Waals surface area contributed by atoms with Gasteiger partial charge in [0.1, 0.15) is 11.4 Å². The number of hydrogen-bond donors (Lipinski definition) is 1. The largest absolute Gasteiger partial charge is 0.380 e. The van der Waals surface area contributed by atoms with Gasteiger partial charge in [-0.25, -0.2) is 4.39 Å². The lowest BCUT2D eigenvalue weighted by Crippen LogP contribution is -2.33. The molecule has 0 radical (unpaired) electrons. The lowest BCUT2D eigenvalue weighted by Gasteiger charge is -2.38. The van der Waals surface area contributed by atoms with Gasteiger partial charge in [-0.2, -0.15) is 0 Å². The van der Waals surface area contributed by atoms with Crippen molar-refractivity contribution in [2.45, 2.75) is 31.3 Å². The summed E-state index contributed by atoms with van der Waals surface area (Å²) in [6.45, 7) is 2.15. The molecule has 1 nitrogen and oxygen atoms in total. The highest BCUT2D eigenvalue weighted by molar-refractivity contribution is 9.10. The summed E-state index contributed by atoms with van der Waals surface area (Å²) in [5.74, 6) is 0.0294. The molecule has 0 saturated heterocycles. The Bertz CT molecular complexity index is 655. The second-order valence-electron chi connectivity index (χ2n) is 5.51. The van der Waals surface area contributed by atoms with E-state index < -0.39 is 5.60 Å². The van der Waals surface area contributed by atoms with Gasteiger partial charge in [0.2, 0.25) is 0 Å². The summed E-state index contributed by atoms with van der Waals surface area (Å²) in [5, 5.41) is 11.2. The molecule has 0 heterocycles.